The summed E-state index contributed by atoms with van der Waals surface area (Å²) in [6.45, 7) is 12.7. The van der Waals surface area contributed by atoms with E-state index in [1.807, 2.05) is 0 Å². The maximum atomic E-state index is 9.22. The predicted octanol–water partition coefficient (Wildman–Crippen LogP) is 13.3. The summed E-state index contributed by atoms with van der Waals surface area (Å²) < 4.78 is 19.4. The van der Waals surface area contributed by atoms with Gasteiger partial charge in [0.1, 0.15) is 6.29 Å². The number of rotatable bonds is 43. The molecule has 0 heterocycles. The molecule has 0 fully saturated rings. The molecule has 0 aromatic heterocycles. The zero-order valence-electron chi connectivity index (χ0n) is 36.8. The van der Waals surface area contributed by atoms with Crippen LogP contribution in [0.2, 0.25) is 13.1 Å². The van der Waals surface area contributed by atoms with E-state index in [4.69, 9.17) is 13.6 Å². The quantitative estimate of drug-likeness (QED) is 0.0277. The van der Waals surface area contributed by atoms with Gasteiger partial charge in [-0.05, 0) is 116 Å². The minimum Gasteiger partial charge on any atom is -0.395 e. The minimum absolute atomic E-state index is 0.142. The summed E-state index contributed by atoms with van der Waals surface area (Å²) in [7, 11) is -2.31. The molecule has 0 aromatic carbocycles. The maximum absolute atomic E-state index is 9.22. The molecule has 0 saturated heterocycles. The van der Waals surface area contributed by atoms with Crippen LogP contribution in [0.15, 0.2) is 60.8 Å². The molecule has 0 spiro atoms. The molecule has 0 bridgehead atoms. The van der Waals surface area contributed by atoms with Gasteiger partial charge in [-0.3, -0.25) is 4.90 Å². The fraction of sp³-hybridized carbons (Fsp3) is 0.792. The number of hydrogen-bond donors (Lipinski definition) is 2. The first-order valence-corrected chi connectivity index (χ1v) is 25.9. The van der Waals surface area contributed by atoms with Crippen molar-refractivity contribution < 1.29 is 23.8 Å². The van der Waals surface area contributed by atoms with E-state index in [9.17, 15) is 10.2 Å². The Balaban J connectivity index is 4.41. The van der Waals surface area contributed by atoms with Crippen molar-refractivity contribution in [1.82, 2.24) is 4.90 Å². The van der Waals surface area contributed by atoms with E-state index >= 15 is 0 Å². The van der Waals surface area contributed by atoms with Crippen molar-refractivity contribution in [3.05, 3.63) is 60.8 Å². The van der Waals surface area contributed by atoms with Crippen LogP contribution in [0.5, 0.6) is 0 Å². The Kier molecular flexibility index (Phi) is 42.7. The Morgan fingerprint density at radius 1 is 0.491 bits per heavy atom. The molecule has 1 atom stereocenters. The van der Waals surface area contributed by atoms with Crippen molar-refractivity contribution in [3.63, 3.8) is 0 Å². The van der Waals surface area contributed by atoms with Crippen molar-refractivity contribution in [1.29, 1.82) is 0 Å². The van der Waals surface area contributed by atoms with E-state index in [0.717, 1.165) is 90.4 Å². The average molecular weight is 790 g/mol. The minimum atomic E-state index is -2.31. The molecular weight excluding hydrogens is 699 g/mol. The van der Waals surface area contributed by atoms with Gasteiger partial charge in [0.25, 0.3) is 0 Å². The Hall–Kier alpha value is -1.32. The summed E-state index contributed by atoms with van der Waals surface area (Å²) in [5.74, 6) is 0. The van der Waals surface area contributed by atoms with Crippen molar-refractivity contribution in [3.8, 4) is 0 Å². The van der Waals surface area contributed by atoms with Gasteiger partial charge in [0.15, 0.2) is 0 Å². The molecule has 2 N–H and O–H groups in total. The Morgan fingerprint density at radius 3 is 1.49 bits per heavy atom. The monoisotopic (exact) mass is 790 g/mol. The second kappa shape index (κ2) is 43.8. The Bertz CT molecular complexity index is 912. The predicted molar refractivity (Wildman–Crippen MR) is 242 cm³/mol. The van der Waals surface area contributed by atoms with Crippen molar-refractivity contribution in [2.24, 2.45) is 0 Å². The van der Waals surface area contributed by atoms with Gasteiger partial charge < -0.3 is 23.8 Å². The highest BCUT2D eigenvalue weighted by Crippen LogP contribution is 2.19. The van der Waals surface area contributed by atoms with Crippen LogP contribution in [0.25, 0.3) is 0 Å². The van der Waals surface area contributed by atoms with Crippen LogP contribution < -0.4 is 0 Å². The molecule has 0 rings (SSSR count). The first-order valence-electron chi connectivity index (χ1n) is 23.1. The van der Waals surface area contributed by atoms with E-state index < -0.39 is 8.56 Å². The van der Waals surface area contributed by atoms with E-state index in [2.05, 4.69) is 92.6 Å². The van der Waals surface area contributed by atoms with Crippen LogP contribution in [-0.4, -0.2) is 76.0 Å². The normalized spacial score (nSPS) is 13.4. The lowest BCUT2D eigenvalue weighted by Gasteiger charge is -2.29. The third-order valence-electron chi connectivity index (χ3n) is 9.81. The van der Waals surface area contributed by atoms with Crippen LogP contribution in [0, 0.1) is 0 Å². The average Bonchev–Trinajstić information content (AvgIpc) is 3.17. The Labute approximate surface area is 343 Å². The lowest BCUT2D eigenvalue weighted by molar-refractivity contribution is -0.104. The van der Waals surface area contributed by atoms with Gasteiger partial charge in [0.05, 0.1) is 13.2 Å². The molecular formula is C48H91NO5Si. The fourth-order valence-corrected chi connectivity index (χ4v) is 8.01. The molecule has 322 valence electrons. The zero-order valence-corrected chi connectivity index (χ0v) is 37.8. The van der Waals surface area contributed by atoms with E-state index in [1.54, 1.807) is 0 Å². The van der Waals surface area contributed by atoms with Crippen molar-refractivity contribution in [2.45, 2.75) is 200 Å². The molecule has 0 aliphatic rings. The van der Waals surface area contributed by atoms with Gasteiger partial charge in [-0.2, -0.15) is 0 Å². The molecule has 0 amide bonds. The number of ether oxygens (including phenoxy) is 1. The molecule has 0 radical (unpaired) electrons. The highest BCUT2D eigenvalue weighted by atomic mass is 28.4. The number of aliphatic hydroxyl groups excluding tert-OH is 2. The summed E-state index contributed by atoms with van der Waals surface area (Å²) in [4.78, 5) is 2.13. The third-order valence-corrected chi connectivity index (χ3v) is 11.5. The number of allylic oxidation sites excluding steroid dienone is 10. The highest BCUT2D eigenvalue weighted by molar-refractivity contribution is 6.64. The topological polar surface area (TPSA) is 71.4 Å². The molecule has 0 aliphatic carbocycles. The number of aliphatic hydroxyl groups is 2. The second-order valence-electron chi connectivity index (χ2n) is 15.6. The SMILES string of the molecule is CC/C=C\C/C=C\C/C=C\CCCCCCCC(OCCCCCCCC/C=C\C/C=C\CCCCC)O[Si](C)(C)OCCCCCCN(CCO)CCO. The molecule has 7 heteroatoms. The number of unbranched alkanes of at least 4 members (excludes halogenated alkanes) is 17. The Morgan fingerprint density at radius 2 is 0.945 bits per heavy atom. The van der Waals surface area contributed by atoms with E-state index in [-0.39, 0.29) is 19.5 Å². The van der Waals surface area contributed by atoms with Crippen LogP contribution in [0.1, 0.15) is 181 Å². The number of hydrogen-bond acceptors (Lipinski definition) is 6. The highest BCUT2D eigenvalue weighted by Gasteiger charge is 2.29. The standard InChI is InChI=1S/C48H91NO5Si/c1-5-7-9-11-13-15-17-19-21-23-25-27-29-31-34-38-46-52-48(40-36-32-30-28-26-24-22-20-18-16-14-12-10-8-6-2)54-55(3,4)53-47-39-35-33-37-41-49(42-44-50)43-45-51/h8,10,13-16,19-22,48,50-51H,5-7,9,11-12,17-18,23-47H2,1-4H3/b10-8-,15-13-,16-14-,21-19-,22-20-. The summed E-state index contributed by atoms with van der Waals surface area (Å²) in [6.07, 6.45) is 53.7. The molecule has 1 unspecified atom stereocenters. The van der Waals surface area contributed by atoms with Gasteiger partial charge in [-0.25, -0.2) is 0 Å². The second-order valence-corrected chi connectivity index (χ2v) is 18.9. The van der Waals surface area contributed by atoms with Crippen molar-refractivity contribution in [2.75, 3.05) is 46.1 Å². The van der Waals surface area contributed by atoms with Crippen molar-refractivity contribution >= 4 is 8.56 Å². The van der Waals surface area contributed by atoms with Gasteiger partial charge in [0.2, 0.25) is 0 Å². The molecule has 0 aliphatic heterocycles. The zero-order chi connectivity index (χ0) is 40.2. The van der Waals surface area contributed by atoms with Gasteiger partial charge in [0, 0.05) is 26.3 Å². The van der Waals surface area contributed by atoms with E-state index in [1.165, 1.54) is 96.3 Å². The lowest BCUT2D eigenvalue weighted by Crippen LogP contribution is -2.40. The first-order chi connectivity index (χ1) is 27.0. The van der Waals surface area contributed by atoms with E-state index in [0.29, 0.717) is 13.1 Å². The lowest BCUT2D eigenvalue weighted by atomic mass is 10.1. The summed E-state index contributed by atoms with van der Waals surface area (Å²) in [5, 5.41) is 18.4. The maximum Gasteiger partial charge on any atom is 0.333 e. The summed E-state index contributed by atoms with van der Waals surface area (Å²) >= 11 is 0. The van der Waals surface area contributed by atoms with Gasteiger partial charge >= 0.3 is 8.56 Å². The summed E-state index contributed by atoms with van der Waals surface area (Å²) in [5.41, 5.74) is 0. The smallest absolute Gasteiger partial charge is 0.333 e. The number of nitrogens with zero attached hydrogens (tertiary/aromatic N) is 1. The van der Waals surface area contributed by atoms with Crippen LogP contribution in [0.3, 0.4) is 0 Å². The largest absolute Gasteiger partial charge is 0.395 e. The van der Waals surface area contributed by atoms with Gasteiger partial charge in [-0.1, -0.05) is 145 Å². The molecule has 55 heavy (non-hydrogen) atoms. The fourth-order valence-electron chi connectivity index (χ4n) is 6.49. The molecule has 6 nitrogen and oxygen atoms in total. The third kappa shape index (κ3) is 42.1. The van der Waals surface area contributed by atoms with Crippen LogP contribution in [-0.2, 0) is 13.6 Å². The van der Waals surface area contributed by atoms with Crippen LogP contribution >= 0.6 is 0 Å². The first kappa shape index (κ1) is 53.7. The molecule has 0 saturated carbocycles. The van der Waals surface area contributed by atoms with Crippen LogP contribution in [0.4, 0.5) is 0 Å². The van der Waals surface area contributed by atoms with Gasteiger partial charge in [-0.15, -0.1) is 0 Å². The summed E-state index contributed by atoms with van der Waals surface area (Å²) in [6, 6.07) is 0. The molecule has 0 aromatic rings.